The van der Waals surface area contributed by atoms with Gasteiger partial charge in [-0.15, -0.1) is 0 Å². The van der Waals surface area contributed by atoms with Crippen LogP contribution >= 0.6 is 0 Å². The highest BCUT2D eigenvalue weighted by molar-refractivity contribution is 6.05. The van der Waals surface area contributed by atoms with Crippen molar-refractivity contribution in [1.29, 1.82) is 0 Å². The molecule has 2 amide bonds. The van der Waals surface area contributed by atoms with Gasteiger partial charge in [0.1, 0.15) is 5.60 Å². The standard InChI is InChI=1S/C19H24N2O4/c1-12-9-10-13(17(23)20-12)11-16(22)14-7-5-6-8-15(14)21-18(24)25-19(2,3)4/h5-8,13H,1,9-11H2,2-4H3,(H,20,23)(H,21,24). The summed E-state index contributed by atoms with van der Waals surface area (Å²) in [5.74, 6) is -0.755. The fraction of sp³-hybridized carbons (Fsp3) is 0.421. The lowest BCUT2D eigenvalue weighted by Crippen LogP contribution is -2.35. The van der Waals surface area contributed by atoms with E-state index in [1.807, 2.05) is 0 Å². The lowest BCUT2D eigenvalue weighted by Gasteiger charge is -2.23. The van der Waals surface area contributed by atoms with Crippen molar-refractivity contribution >= 4 is 23.5 Å². The Morgan fingerprint density at radius 3 is 2.64 bits per heavy atom. The van der Waals surface area contributed by atoms with Crippen molar-refractivity contribution in [2.24, 2.45) is 5.92 Å². The van der Waals surface area contributed by atoms with Gasteiger partial charge < -0.3 is 10.1 Å². The van der Waals surface area contributed by atoms with Crippen molar-refractivity contribution in [2.45, 2.75) is 45.6 Å². The van der Waals surface area contributed by atoms with Crippen LogP contribution < -0.4 is 10.6 Å². The van der Waals surface area contributed by atoms with Crippen LogP contribution in [0.2, 0.25) is 0 Å². The molecule has 1 aliphatic heterocycles. The first-order valence-electron chi connectivity index (χ1n) is 8.26. The van der Waals surface area contributed by atoms with Gasteiger partial charge in [-0.25, -0.2) is 4.79 Å². The van der Waals surface area contributed by atoms with Crippen LogP contribution in [0.4, 0.5) is 10.5 Å². The van der Waals surface area contributed by atoms with Crippen LogP contribution in [-0.2, 0) is 9.53 Å². The molecule has 0 spiro atoms. The molecule has 1 fully saturated rings. The van der Waals surface area contributed by atoms with E-state index in [1.165, 1.54) is 0 Å². The molecule has 1 heterocycles. The van der Waals surface area contributed by atoms with Crippen molar-refractivity contribution in [2.75, 3.05) is 5.32 Å². The summed E-state index contributed by atoms with van der Waals surface area (Å²) in [4.78, 5) is 36.6. The zero-order chi connectivity index (χ0) is 18.6. The van der Waals surface area contributed by atoms with Gasteiger partial charge in [0.25, 0.3) is 0 Å². The molecule has 6 nitrogen and oxygen atoms in total. The fourth-order valence-electron chi connectivity index (χ4n) is 2.60. The van der Waals surface area contributed by atoms with E-state index in [-0.39, 0.29) is 24.0 Å². The van der Waals surface area contributed by atoms with Crippen LogP contribution in [0.5, 0.6) is 0 Å². The molecule has 1 saturated heterocycles. The van der Waals surface area contributed by atoms with Crippen LogP contribution in [0, 0.1) is 5.92 Å². The van der Waals surface area contributed by atoms with Crippen molar-refractivity contribution in [3.8, 4) is 0 Å². The normalized spacial score (nSPS) is 17.6. The first-order chi connectivity index (χ1) is 11.7. The highest BCUT2D eigenvalue weighted by Crippen LogP contribution is 2.25. The van der Waals surface area contributed by atoms with E-state index in [4.69, 9.17) is 4.74 Å². The van der Waals surface area contributed by atoms with Gasteiger partial charge in [-0.3, -0.25) is 14.9 Å². The number of piperidine rings is 1. The molecule has 6 heteroatoms. The Bertz CT molecular complexity index is 704. The monoisotopic (exact) mass is 344 g/mol. The second-order valence-electron chi connectivity index (χ2n) is 7.13. The number of amides is 2. The van der Waals surface area contributed by atoms with Crippen molar-refractivity contribution in [1.82, 2.24) is 5.32 Å². The third-order valence-electron chi connectivity index (χ3n) is 3.76. The van der Waals surface area contributed by atoms with Crippen molar-refractivity contribution in [3.05, 3.63) is 42.1 Å². The number of carbonyl (C=O) groups is 3. The van der Waals surface area contributed by atoms with Gasteiger partial charge in [0.15, 0.2) is 5.78 Å². The van der Waals surface area contributed by atoms with Gasteiger partial charge in [0.2, 0.25) is 5.91 Å². The minimum atomic E-state index is -0.633. The van der Waals surface area contributed by atoms with Crippen LogP contribution in [0.3, 0.4) is 0 Å². The first-order valence-corrected chi connectivity index (χ1v) is 8.26. The third kappa shape index (κ3) is 5.45. The number of carbonyl (C=O) groups excluding carboxylic acids is 3. The molecule has 1 atom stereocenters. The largest absolute Gasteiger partial charge is 0.444 e. The lowest BCUT2D eigenvalue weighted by molar-refractivity contribution is -0.125. The summed E-state index contributed by atoms with van der Waals surface area (Å²) < 4.78 is 5.22. The Kier molecular flexibility index (Phi) is 5.62. The zero-order valence-electron chi connectivity index (χ0n) is 14.8. The highest BCUT2D eigenvalue weighted by atomic mass is 16.6. The number of anilines is 1. The van der Waals surface area contributed by atoms with Gasteiger partial charge >= 0.3 is 6.09 Å². The average molecular weight is 344 g/mol. The Balaban J connectivity index is 2.09. The number of hydrogen-bond acceptors (Lipinski definition) is 4. The number of nitrogens with one attached hydrogen (secondary N) is 2. The molecule has 1 unspecified atom stereocenters. The van der Waals surface area contributed by atoms with E-state index >= 15 is 0 Å². The Hall–Kier alpha value is -2.63. The number of Topliss-reactive ketones (excluding diaryl/α,β-unsaturated/α-hetero) is 1. The predicted molar refractivity (Wildman–Crippen MR) is 95.3 cm³/mol. The van der Waals surface area contributed by atoms with Gasteiger partial charge in [-0.05, 0) is 45.7 Å². The van der Waals surface area contributed by atoms with Crippen LogP contribution in [-0.4, -0.2) is 23.4 Å². The summed E-state index contributed by atoms with van der Waals surface area (Å²) in [5.41, 5.74) is 0.791. The number of benzene rings is 1. The second-order valence-corrected chi connectivity index (χ2v) is 7.13. The number of para-hydroxylation sites is 1. The summed E-state index contributed by atoms with van der Waals surface area (Å²) in [7, 11) is 0. The molecular formula is C19H24N2O4. The highest BCUT2D eigenvalue weighted by Gasteiger charge is 2.27. The topological polar surface area (TPSA) is 84.5 Å². The van der Waals surface area contributed by atoms with Gasteiger partial charge in [-0.2, -0.15) is 0 Å². The summed E-state index contributed by atoms with van der Waals surface area (Å²) in [6, 6.07) is 6.71. The Labute approximate surface area is 147 Å². The quantitative estimate of drug-likeness (QED) is 0.817. The van der Waals surface area contributed by atoms with Crippen molar-refractivity contribution < 1.29 is 19.1 Å². The predicted octanol–water partition coefficient (Wildman–Crippen LogP) is 3.65. The average Bonchev–Trinajstić information content (AvgIpc) is 2.48. The van der Waals surface area contributed by atoms with E-state index < -0.39 is 11.7 Å². The first kappa shape index (κ1) is 18.7. The van der Waals surface area contributed by atoms with Crippen LogP contribution in [0.1, 0.15) is 50.4 Å². The van der Waals surface area contributed by atoms with Gasteiger partial charge in [-0.1, -0.05) is 18.7 Å². The Morgan fingerprint density at radius 1 is 1.32 bits per heavy atom. The number of ketones is 1. The fourth-order valence-corrected chi connectivity index (χ4v) is 2.60. The molecule has 0 aromatic heterocycles. The number of hydrogen-bond donors (Lipinski definition) is 2. The van der Waals surface area contributed by atoms with Gasteiger partial charge in [0.05, 0.1) is 5.69 Å². The van der Waals surface area contributed by atoms with Crippen molar-refractivity contribution in [3.63, 3.8) is 0 Å². The van der Waals surface area contributed by atoms with E-state index in [9.17, 15) is 14.4 Å². The molecule has 0 bridgehead atoms. The molecule has 25 heavy (non-hydrogen) atoms. The summed E-state index contributed by atoms with van der Waals surface area (Å²) in [6.45, 7) is 9.02. The van der Waals surface area contributed by atoms with E-state index in [1.54, 1.807) is 45.0 Å². The van der Waals surface area contributed by atoms with Crippen LogP contribution in [0.15, 0.2) is 36.5 Å². The number of ether oxygens (including phenoxy) is 1. The molecule has 0 aliphatic carbocycles. The maximum absolute atomic E-state index is 12.6. The number of allylic oxidation sites excluding steroid dienone is 1. The minimum absolute atomic E-state index is 0.0894. The molecule has 134 valence electrons. The van der Waals surface area contributed by atoms with E-state index in [2.05, 4.69) is 17.2 Å². The molecule has 2 rings (SSSR count). The summed E-state index contributed by atoms with van der Waals surface area (Å²) in [5, 5.41) is 5.29. The molecule has 2 N–H and O–H groups in total. The number of rotatable bonds is 4. The van der Waals surface area contributed by atoms with E-state index in [0.29, 0.717) is 29.8 Å². The third-order valence-corrected chi connectivity index (χ3v) is 3.76. The lowest BCUT2D eigenvalue weighted by atomic mass is 9.90. The maximum Gasteiger partial charge on any atom is 0.412 e. The second kappa shape index (κ2) is 7.51. The smallest absolute Gasteiger partial charge is 0.412 e. The zero-order valence-corrected chi connectivity index (χ0v) is 14.8. The summed E-state index contributed by atoms with van der Waals surface area (Å²) in [6.07, 6.45) is 0.727. The molecule has 0 saturated carbocycles. The molecule has 1 aromatic rings. The SMILES string of the molecule is C=C1CCC(CC(=O)c2ccccc2NC(=O)OC(C)(C)C)C(=O)N1. The maximum atomic E-state index is 12.6. The molecular weight excluding hydrogens is 320 g/mol. The van der Waals surface area contributed by atoms with E-state index in [0.717, 1.165) is 0 Å². The molecule has 1 aliphatic rings. The summed E-state index contributed by atoms with van der Waals surface area (Å²) >= 11 is 0. The Morgan fingerprint density at radius 2 is 2.00 bits per heavy atom. The minimum Gasteiger partial charge on any atom is -0.444 e. The van der Waals surface area contributed by atoms with Crippen LogP contribution in [0.25, 0.3) is 0 Å². The molecule has 0 radical (unpaired) electrons. The molecule has 1 aromatic carbocycles. The van der Waals surface area contributed by atoms with Gasteiger partial charge in [0, 0.05) is 23.6 Å².